The molecule has 31 heavy (non-hydrogen) atoms. The second-order valence-corrected chi connectivity index (χ2v) is 8.50. The summed E-state index contributed by atoms with van der Waals surface area (Å²) in [5, 5.41) is 22.5. The third kappa shape index (κ3) is 6.47. The van der Waals surface area contributed by atoms with Crippen molar-refractivity contribution in [1.29, 1.82) is 0 Å². The summed E-state index contributed by atoms with van der Waals surface area (Å²) < 4.78 is 19.9. The molecule has 0 saturated carbocycles. The average molecular weight is 488 g/mol. The minimum atomic E-state index is -0.771. The molecule has 2 atom stereocenters. The van der Waals surface area contributed by atoms with Gasteiger partial charge in [0.15, 0.2) is 11.6 Å². The van der Waals surface area contributed by atoms with Gasteiger partial charge in [-0.1, -0.05) is 22.9 Å². The van der Waals surface area contributed by atoms with Crippen LogP contribution < -0.4 is 15.8 Å². The predicted molar refractivity (Wildman–Crippen MR) is 125 cm³/mol. The first kappa shape index (κ1) is 25.2. The Kier molecular flexibility index (Phi) is 8.96. The van der Waals surface area contributed by atoms with Crippen molar-refractivity contribution in [2.24, 2.45) is 5.73 Å². The molecule has 0 saturated heterocycles. The summed E-state index contributed by atoms with van der Waals surface area (Å²) in [6.45, 7) is 5.55. The summed E-state index contributed by atoms with van der Waals surface area (Å²) >= 11 is 7.64. The second-order valence-electron chi connectivity index (χ2n) is 7.12. The van der Waals surface area contributed by atoms with Crippen molar-refractivity contribution in [3.8, 4) is 26.9 Å². The number of halogens is 3. The lowest BCUT2D eigenvalue weighted by Crippen LogP contribution is -2.38. The zero-order chi connectivity index (χ0) is 21.8. The first-order valence-corrected chi connectivity index (χ1v) is 10.6. The lowest BCUT2D eigenvalue weighted by atomic mass is 10.2. The molecule has 0 aliphatic rings. The first-order valence-electron chi connectivity index (χ1n) is 9.37. The van der Waals surface area contributed by atoms with Gasteiger partial charge in [0.1, 0.15) is 22.4 Å². The van der Waals surface area contributed by atoms with E-state index in [0.717, 1.165) is 11.4 Å². The van der Waals surface area contributed by atoms with Crippen molar-refractivity contribution in [3.05, 3.63) is 41.3 Å². The molecule has 11 heteroatoms. The third-order valence-electron chi connectivity index (χ3n) is 4.17. The van der Waals surface area contributed by atoms with Gasteiger partial charge in [0.2, 0.25) is 0 Å². The van der Waals surface area contributed by atoms with Gasteiger partial charge in [-0.2, -0.15) is 0 Å². The molecule has 2 heterocycles. The first-order chi connectivity index (χ1) is 14.2. The number of rotatable bonds is 8. The van der Waals surface area contributed by atoms with Crippen LogP contribution in [-0.2, 0) is 0 Å². The van der Waals surface area contributed by atoms with E-state index in [1.165, 1.54) is 30.4 Å². The smallest absolute Gasteiger partial charge is 0.165 e. The fraction of sp³-hybridized carbons (Fsp3) is 0.350. The fourth-order valence-corrected chi connectivity index (χ4v) is 3.68. The van der Waals surface area contributed by atoms with E-state index in [9.17, 15) is 9.50 Å². The number of ether oxygens (including phenoxy) is 1. The third-order valence-corrected chi connectivity index (χ3v) is 5.49. The SMILES string of the molecule is CC(C)Nc1cc(-c2nnc(-c3cc(F)c(OC[C@H](N)[C@H](C)O)cc3Cl)s2)ccn1.Cl. The van der Waals surface area contributed by atoms with E-state index in [4.69, 9.17) is 22.1 Å². The molecule has 168 valence electrons. The van der Waals surface area contributed by atoms with Gasteiger partial charge >= 0.3 is 0 Å². The van der Waals surface area contributed by atoms with Crippen LogP contribution >= 0.6 is 35.3 Å². The molecule has 7 nitrogen and oxygen atoms in total. The summed E-state index contributed by atoms with van der Waals surface area (Å²) in [5.41, 5.74) is 6.98. The Balaban J connectivity index is 0.00000341. The molecule has 0 spiro atoms. The van der Waals surface area contributed by atoms with Crippen molar-refractivity contribution in [3.63, 3.8) is 0 Å². The maximum Gasteiger partial charge on any atom is 0.165 e. The molecule has 3 rings (SSSR count). The molecule has 0 aliphatic heterocycles. The van der Waals surface area contributed by atoms with E-state index in [2.05, 4.69) is 20.5 Å². The fourth-order valence-electron chi connectivity index (χ4n) is 2.52. The minimum absolute atomic E-state index is 0. The number of benzene rings is 1. The van der Waals surface area contributed by atoms with Gasteiger partial charge in [-0.25, -0.2) is 9.37 Å². The Bertz CT molecular complexity index is 1020. The largest absolute Gasteiger partial charge is 0.489 e. The van der Waals surface area contributed by atoms with Crippen LogP contribution in [-0.4, -0.2) is 45.1 Å². The number of nitrogens with one attached hydrogen (secondary N) is 1. The van der Waals surface area contributed by atoms with E-state index in [-0.39, 0.29) is 35.8 Å². The van der Waals surface area contributed by atoms with E-state index < -0.39 is 18.0 Å². The number of aromatic nitrogens is 3. The van der Waals surface area contributed by atoms with Gasteiger partial charge in [-0.15, -0.1) is 22.6 Å². The molecule has 0 aliphatic carbocycles. The van der Waals surface area contributed by atoms with E-state index in [1.807, 2.05) is 26.0 Å². The zero-order valence-corrected chi connectivity index (χ0v) is 19.6. The molecule has 0 amide bonds. The highest BCUT2D eigenvalue weighted by molar-refractivity contribution is 7.18. The quantitative estimate of drug-likeness (QED) is 0.432. The van der Waals surface area contributed by atoms with Crippen molar-refractivity contribution >= 4 is 41.2 Å². The predicted octanol–water partition coefficient (Wildman–Crippen LogP) is 4.39. The highest BCUT2D eigenvalue weighted by atomic mass is 35.5. The van der Waals surface area contributed by atoms with E-state index in [0.29, 0.717) is 15.6 Å². The van der Waals surface area contributed by atoms with Crippen LogP contribution in [0.1, 0.15) is 20.8 Å². The number of hydrogen-bond donors (Lipinski definition) is 3. The molecule has 0 fully saturated rings. The Hall–Kier alpha value is -2.04. The Labute approximate surface area is 195 Å². The van der Waals surface area contributed by atoms with E-state index in [1.54, 1.807) is 6.20 Å². The van der Waals surface area contributed by atoms with Crippen LogP contribution in [0.15, 0.2) is 30.5 Å². The lowest BCUT2D eigenvalue weighted by molar-refractivity contribution is 0.129. The molecule has 0 bridgehead atoms. The van der Waals surface area contributed by atoms with Crippen LogP contribution in [0.4, 0.5) is 10.2 Å². The number of nitrogens with zero attached hydrogens (tertiary/aromatic N) is 3. The van der Waals surface area contributed by atoms with Crippen molar-refractivity contribution < 1.29 is 14.2 Å². The molecular formula is C20H24Cl2FN5O2S. The van der Waals surface area contributed by atoms with Crippen LogP contribution in [0, 0.1) is 5.82 Å². The molecule has 3 aromatic rings. The summed E-state index contributed by atoms with van der Waals surface area (Å²) in [5.74, 6) is 0.0969. The Morgan fingerprint density at radius 1 is 1.23 bits per heavy atom. The normalized spacial score (nSPS) is 12.9. The number of aliphatic hydroxyl groups is 1. The van der Waals surface area contributed by atoms with Crippen LogP contribution in [0.25, 0.3) is 21.1 Å². The molecule has 0 radical (unpaired) electrons. The second kappa shape index (κ2) is 11.0. The summed E-state index contributed by atoms with van der Waals surface area (Å²) in [7, 11) is 0. The number of hydrogen-bond acceptors (Lipinski definition) is 8. The summed E-state index contributed by atoms with van der Waals surface area (Å²) in [6.07, 6.45) is 0.921. The Morgan fingerprint density at radius 3 is 2.61 bits per heavy atom. The monoisotopic (exact) mass is 487 g/mol. The summed E-state index contributed by atoms with van der Waals surface area (Å²) in [6, 6.07) is 5.96. The van der Waals surface area contributed by atoms with Gasteiger partial charge < -0.3 is 20.9 Å². The summed E-state index contributed by atoms with van der Waals surface area (Å²) in [4.78, 5) is 4.28. The van der Waals surface area contributed by atoms with Crippen molar-refractivity contribution in [2.45, 2.75) is 39.0 Å². The topological polar surface area (TPSA) is 106 Å². The zero-order valence-electron chi connectivity index (χ0n) is 17.2. The van der Waals surface area contributed by atoms with Gasteiger partial charge in [-0.3, -0.25) is 0 Å². The Morgan fingerprint density at radius 2 is 1.94 bits per heavy atom. The average Bonchev–Trinajstić information content (AvgIpc) is 3.17. The van der Waals surface area contributed by atoms with Crippen molar-refractivity contribution in [2.75, 3.05) is 11.9 Å². The standard InChI is InChI=1S/C20H23ClFN5O2S.ClH/c1-10(2)25-18-6-12(4-5-24-18)19-26-27-20(30-19)13-7-15(22)17(8-14(13)21)29-9-16(23)11(3)28;/h4-8,10-11,16,28H,9,23H2,1-3H3,(H,24,25);1H/t11-,16-;/m0./s1. The van der Waals surface area contributed by atoms with Crippen LogP contribution in [0.5, 0.6) is 5.75 Å². The van der Waals surface area contributed by atoms with Gasteiger partial charge in [0.05, 0.1) is 17.2 Å². The highest BCUT2D eigenvalue weighted by Crippen LogP contribution is 2.37. The maximum absolute atomic E-state index is 14.5. The minimum Gasteiger partial charge on any atom is -0.489 e. The lowest BCUT2D eigenvalue weighted by Gasteiger charge is -2.16. The van der Waals surface area contributed by atoms with Gasteiger partial charge in [-0.05, 0) is 39.0 Å². The molecule has 1 aromatic carbocycles. The van der Waals surface area contributed by atoms with Crippen LogP contribution in [0.3, 0.4) is 0 Å². The molecular weight excluding hydrogens is 464 g/mol. The molecule has 0 unspecified atom stereocenters. The molecule has 4 N–H and O–H groups in total. The number of nitrogens with two attached hydrogens (primary N) is 1. The number of pyridine rings is 1. The maximum atomic E-state index is 14.5. The van der Waals surface area contributed by atoms with Gasteiger partial charge in [0.25, 0.3) is 0 Å². The number of aliphatic hydroxyl groups excluding tert-OH is 1. The van der Waals surface area contributed by atoms with E-state index >= 15 is 0 Å². The number of anilines is 1. The van der Waals surface area contributed by atoms with Crippen LogP contribution in [0.2, 0.25) is 5.02 Å². The van der Waals surface area contributed by atoms with Gasteiger partial charge in [0, 0.05) is 29.4 Å². The van der Waals surface area contributed by atoms with Crippen molar-refractivity contribution in [1.82, 2.24) is 15.2 Å². The highest BCUT2D eigenvalue weighted by Gasteiger charge is 2.18. The molecule has 2 aromatic heterocycles.